The summed E-state index contributed by atoms with van der Waals surface area (Å²) in [7, 11) is 0. The highest BCUT2D eigenvalue weighted by molar-refractivity contribution is 5.97. The number of nitro groups is 1. The molecular formula is C12H11N3O4. The Balaban J connectivity index is 2.55. The fraction of sp³-hybridized carbons (Fsp3) is 0.167. The number of hydrogen-bond acceptors (Lipinski definition) is 5. The van der Waals surface area contributed by atoms with E-state index in [1.165, 1.54) is 25.3 Å². The first-order valence-electron chi connectivity index (χ1n) is 5.52. The molecule has 2 N–H and O–H groups in total. The zero-order chi connectivity index (χ0) is 14.0. The lowest BCUT2D eigenvalue weighted by molar-refractivity contribution is -0.383. The molecule has 7 heteroatoms. The zero-order valence-corrected chi connectivity index (χ0v) is 10.0. The number of nitrogens with zero attached hydrogens (tertiary/aromatic N) is 2. The predicted molar refractivity (Wildman–Crippen MR) is 69.1 cm³/mol. The van der Waals surface area contributed by atoms with Gasteiger partial charge in [0.25, 0.3) is 5.69 Å². The molecule has 1 aromatic heterocycles. The van der Waals surface area contributed by atoms with Crippen LogP contribution in [0.25, 0.3) is 10.9 Å². The van der Waals surface area contributed by atoms with Gasteiger partial charge >= 0.3 is 5.97 Å². The molecule has 1 heterocycles. The van der Waals surface area contributed by atoms with E-state index in [-0.39, 0.29) is 11.2 Å². The minimum absolute atomic E-state index is 0.107. The number of anilines is 1. The second kappa shape index (κ2) is 4.89. The van der Waals surface area contributed by atoms with E-state index < -0.39 is 16.9 Å². The van der Waals surface area contributed by atoms with Crippen molar-refractivity contribution < 1.29 is 14.8 Å². The first-order chi connectivity index (χ1) is 9.00. The Labute approximate surface area is 108 Å². The Morgan fingerprint density at radius 3 is 2.84 bits per heavy atom. The number of nitro benzene ring substituents is 1. The fourth-order valence-corrected chi connectivity index (χ4v) is 1.73. The lowest BCUT2D eigenvalue weighted by Gasteiger charge is -2.12. The van der Waals surface area contributed by atoms with Gasteiger partial charge in [0.1, 0.15) is 11.6 Å². The van der Waals surface area contributed by atoms with Crippen LogP contribution in [-0.2, 0) is 4.79 Å². The first-order valence-corrected chi connectivity index (χ1v) is 5.52. The van der Waals surface area contributed by atoms with Crippen molar-refractivity contribution in [1.82, 2.24) is 4.98 Å². The van der Waals surface area contributed by atoms with Crippen molar-refractivity contribution in [2.24, 2.45) is 0 Å². The third kappa shape index (κ3) is 2.44. The molecule has 0 radical (unpaired) electrons. The van der Waals surface area contributed by atoms with E-state index in [4.69, 9.17) is 5.11 Å². The van der Waals surface area contributed by atoms with Crippen LogP contribution in [-0.4, -0.2) is 27.0 Å². The standard InChI is InChI=1S/C12H11N3O4/c1-7(12(16)17)14-9-4-5-10(15(18)19)11-8(9)3-2-6-13-11/h2-7,14H,1H3,(H,16,17). The second-order valence-corrected chi connectivity index (χ2v) is 3.99. The number of non-ortho nitro benzene ring substituents is 1. The summed E-state index contributed by atoms with van der Waals surface area (Å²) in [5, 5.41) is 23.1. The van der Waals surface area contributed by atoms with Crippen molar-refractivity contribution in [3.63, 3.8) is 0 Å². The molecule has 0 saturated heterocycles. The molecule has 1 atom stereocenters. The highest BCUT2D eigenvalue weighted by Crippen LogP contribution is 2.29. The van der Waals surface area contributed by atoms with Crippen molar-refractivity contribution in [3.05, 3.63) is 40.6 Å². The molecule has 98 valence electrons. The van der Waals surface area contributed by atoms with Gasteiger partial charge in [0.15, 0.2) is 0 Å². The molecular weight excluding hydrogens is 250 g/mol. The lowest BCUT2D eigenvalue weighted by atomic mass is 10.1. The fourth-order valence-electron chi connectivity index (χ4n) is 1.73. The topological polar surface area (TPSA) is 105 Å². The number of aromatic nitrogens is 1. The molecule has 2 rings (SSSR count). The number of aliphatic carboxylic acids is 1. The average molecular weight is 261 g/mol. The summed E-state index contributed by atoms with van der Waals surface area (Å²) in [6, 6.07) is 5.30. The number of pyridine rings is 1. The number of fused-ring (bicyclic) bond motifs is 1. The van der Waals surface area contributed by atoms with Crippen molar-refractivity contribution in [2.45, 2.75) is 13.0 Å². The molecule has 2 aromatic rings. The highest BCUT2D eigenvalue weighted by Gasteiger charge is 2.17. The molecule has 0 saturated carbocycles. The largest absolute Gasteiger partial charge is 0.480 e. The smallest absolute Gasteiger partial charge is 0.325 e. The van der Waals surface area contributed by atoms with Crippen LogP contribution in [0.15, 0.2) is 30.5 Å². The van der Waals surface area contributed by atoms with E-state index in [1.807, 2.05) is 0 Å². The predicted octanol–water partition coefficient (Wildman–Crippen LogP) is 2.03. The van der Waals surface area contributed by atoms with Crippen molar-refractivity contribution in [1.29, 1.82) is 0 Å². The summed E-state index contributed by atoms with van der Waals surface area (Å²) >= 11 is 0. The quantitative estimate of drug-likeness (QED) is 0.644. The molecule has 0 bridgehead atoms. The summed E-state index contributed by atoms with van der Waals surface area (Å²) in [5.74, 6) is -1.00. The number of rotatable bonds is 4. The normalized spacial score (nSPS) is 12.1. The van der Waals surface area contributed by atoms with Crippen molar-refractivity contribution >= 4 is 28.2 Å². The van der Waals surface area contributed by atoms with Gasteiger partial charge in [-0.05, 0) is 25.1 Å². The van der Waals surface area contributed by atoms with Crippen LogP contribution in [0.4, 0.5) is 11.4 Å². The van der Waals surface area contributed by atoms with Gasteiger partial charge in [0.2, 0.25) is 0 Å². The van der Waals surface area contributed by atoms with Crippen LogP contribution in [0.3, 0.4) is 0 Å². The second-order valence-electron chi connectivity index (χ2n) is 3.99. The van der Waals surface area contributed by atoms with Crippen LogP contribution in [0, 0.1) is 10.1 Å². The minimum Gasteiger partial charge on any atom is -0.480 e. The Morgan fingerprint density at radius 2 is 2.21 bits per heavy atom. The Morgan fingerprint density at radius 1 is 1.47 bits per heavy atom. The molecule has 0 aliphatic heterocycles. The lowest BCUT2D eigenvalue weighted by Crippen LogP contribution is -2.25. The molecule has 1 unspecified atom stereocenters. The molecule has 0 aliphatic rings. The Hall–Kier alpha value is -2.70. The maximum atomic E-state index is 10.9. The first kappa shape index (κ1) is 12.7. The SMILES string of the molecule is CC(Nc1ccc([N+](=O)[O-])c2ncccc12)C(=O)O. The molecule has 7 nitrogen and oxygen atoms in total. The van der Waals surface area contributed by atoms with E-state index in [0.29, 0.717) is 11.1 Å². The molecule has 0 fully saturated rings. The zero-order valence-electron chi connectivity index (χ0n) is 10.0. The van der Waals surface area contributed by atoms with Gasteiger partial charge in [-0.25, -0.2) is 4.98 Å². The number of carboxylic acids is 1. The summed E-state index contributed by atoms with van der Waals surface area (Å²) < 4.78 is 0. The Bertz CT molecular complexity index is 656. The van der Waals surface area contributed by atoms with Crippen LogP contribution in [0.1, 0.15) is 6.92 Å². The number of carboxylic acid groups (broad SMARTS) is 1. The number of benzene rings is 1. The van der Waals surface area contributed by atoms with E-state index in [1.54, 1.807) is 12.1 Å². The van der Waals surface area contributed by atoms with Crippen molar-refractivity contribution in [2.75, 3.05) is 5.32 Å². The number of nitrogens with one attached hydrogen (secondary N) is 1. The minimum atomic E-state index is -1.00. The van der Waals surface area contributed by atoms with E-state index in [0.717, 1.165) is 0 Å². The number of hydrogen-bond donors (Lipinski definition) is 2. The van der Waals surface area contributed by atoms with E-state index >= 15 is 0 Å². The van der Waals surface area contributed by atoms with Gasteiger partial charge in [0.05, 0.1) is 4.92 Å². The van der Waals surface area contributed by atoms with E-state index in [9.17, 15) is 14.9 Å². The molecule has 1 aromatic carbocycles. The maximum absolute atomic E-state index is 10.9. The molecule has 0 aliphatic carbocycles. The van der Waals surface area contributed by atoms with Crippen molar-refractivity contribution in [3.8, 4) is 0 Å². The van der Waals surface area contributed by atoms with Gasteiger partial charge in [-0.15, -0.1) is 0 Å². The van der Waals surface area contributed by atoms with E-state index in [2.05, 4.69) is 10.3 Å². The van der Waals surface area contributed by atoms with Crippen LogP contribution < -0.4 is 5.32 Å². The van der Waals surface area contributed by atoms with Gasteiger partial charge in [-0.2, -0.15) is 0 Å². The van der Waals surface area contributed by atoms with Crippen LogP contribution in [0.2, 0.25) is 0 Å². The molecule has 0 spiro atoms. The average Bonchev–Trinajstić information content (AvgIpc) is 2.38. The van der Waals surface area contributed by atoms with Gasteiger partial charge in [0, 0.05) is 23.3 Å². The van der Waals surface area contributed by atoms with Gasteiger partial charge in [-0.3, -0.25) is 14.9 Å². The summed E-state index contributed by atoms with van der Waals surface area (Å²) in [6.07, 6.45) is 1.46. The monoisotopic (exact) mass is 261 g/mol. The maximum Gasteiger partial charge on any atom is 0.325 e. The number of carbonyl (C=O) groups is 1. The summed E-state index contributed by atoms with van der Waals surface area (Å²) in [6.45, 7) is 1.49. The Kier molecular flexibility index (Phi) is 3.28. The third-order valence-electron chi connectivity index (χ3n) is 2.69. The molecule has 0 amide bonds. The molecule has 19 heavy (non-hydrogen) atoms. The van der Waals surface area contributed by atoms with Gasteiger partial charge < -0.3 is 10.4 Å². The highest BCUT2D eigenvalue weighted by atomic mass is 16.6. The third-order valence-corrected chi connectivity index (χ3v) is 2.69. The van der Waals surface area contributed by atoms with Crippen LogP contribution >= 0.6 is 0 Å². The summed E-state index contributed by atoms with van der Waals surface area (Å²) in [4.78, 5) is 25.2. The summed E-state index contributed by atoms with van der Waals surface area (Å²) in [5.41, 5.74) is 0.628. The van der Waals surface area contributed by atoms with Gasteiger partial charge in [-0.1, -0.05) is 0 Å². The van der Waals surface area contributed by atoms with Crippen LogP contribution in [0.5, 0.6) is 0 Å².